The van der Waals surface area contributed by atoms with Gasteiger partial charge >= 0.3 is 5.97 Å². The molecule has 3 rings (SSSR count). The topological polar surface area (TPSA) is 100 Å². The molecular weight excluding hydrogens is 500 g/mol. The number of fused-ring (bicyclic) bond motifs is 1. The van der Waals surface area contributed by atoms with E-state index < -0.39 is 18.2 Å². The van der Waals surface area contributed by atoms with E-state index in [0.717, 1.165) is 45.8 Å². The lowest BCUT2D eigenvalue weighted by Crippen LogP contribution is -2.25. The Labute approximate surface area is 231 Å². The van der Waals surface area contributed by atoms with Gasteiger partial charge in [-0.05, 0) is 88.4 Å². The maximum atomic E-state index is 11.7. The molecule has 0 fully saturated rings. The van der Waals surface area contributed by atoms with Gasteiger partial charge in [-0.25, -0.2) is 0 Å². The minimum Gasteiger partial charge on any atom is -0.487 e. The van der Waals surface area contributed by atoms with Crippen LogP contribution in [0.3, 0.4) is 0 Å². The van der Waals surface area contributed by atoms with Crippen molar-refractivity contribution >= 4 is 34.7 Å². The fourth-order valence-electron chi connectivity index (χ4n) is 5.13. The molecule has 2 aromatic rings. The number of hydrogen-bond acceptors (Lipinski definition) is 6. The number of hydrogen-bond donors (Lipinski definition) is 4. The number of para-hydroxylation sites is 1. The van der Waals surface area contributed by atoms with Crippen molar-refractivity contribution in [2.45, 2.75) is 97.4 Å². The van der Waals surface area contributed by atoms with Gasteiger partial charge in [-0.1, -0.05) is 32.0 Å². The van der Waals surface area contributed by atoms with Crippen LogP contribution in [-0.4, -0.2) is 45.7 Å². The van der Waals surface area contributed by atoms with Crippen molar-refractivity contribution in [2.75, 3.05) is 17.2 Å². The molecule has 0 radical (unpaired) electrons. The summed E-state index contributed by atoms with van der Waals surface area (Å²) >= 11 is 5.69. The van der Waals surface area contributed by atoms with Crippen molar-refractivity contribution < 1.29 is 24.5 Å². The van der Waals surface area contributed by atoms with Crippen LogP contribution in [0.4, 0.5) is 11.4 Å². The Hall–Kier alpha value is -2.68. The zero-order valence-corrected chi connectivity index (χ0v) is 24.2. The smallest absolute Gasteiger partial charge is 0.308 e. The van der Waals surface area contributed by atoms with Crippen molar-refractivity contribution in [1.29, 1.82) is 0 Å². The van der Waals surface area contributed by atoms with Crippen LogP contribution in [0.25, 0.3) is 0 Å². The standard InChI is InChI=1S/C30H42N2O5S/c1-7-36-25(35)16-22(34)15-21(33)13-14-23-26(18(2)3)27(19(4)24-17-30(5,6)37-28(23)24)32-29(38)31-20-11-9-8-10-12-20/h8-12,18,21-22,33-34H,7,13-17H2,1-6H3,(H2,31,32,38). The summed E-state index contributed by atoms with van der Waals surface area (Å²) in [5.41, 5.74) is 5.96. The summed E-state index contributed by atoms with van der Waals surface area (Å²) in [5, 5.41) is 28.2. The lowest BCUT2D eigenvalue weighted by atomic mass is 9.85. The van der Waals surface area contributed by atoms with Crippen LogP contribution in [0.1, 0.15) is 82.1 Å². The number of thiocarbonyl (C=S) groups is 1. The van der Waals surface area contributed by atoms with Gasteiger partial charge in [-0.3, -0.25) is 4.79 Å². The van der Waals surface area contributed by atoms with Gasteiger partial charge in [0.15, 0.2) is 5.11 Å². The third kappa shape index (κ3) is 7.68. The molecule has 7 nitrogen and oxygen atoms in total. The largest absolute Gasteiger partial charge is 0.487 e. The number of carbonyl (C=O) groups is 1. The summed E-state index contributed by atoms with van der Waals surface area (Å²) in [6.45, 7) is 12.5. The highest BCUT2D eigenvalue weighted by molar-refractivity contribution is 7.80. The average molecular weight is 543 g/mol. The van der Waals surface area contributed by atoms with E-state index in [4.69, 9.17) is 21.7 Å². The Kier molecular flexibility index (Phi) is 10.2. The summed E-state index contributed by atoms with van der Waals surface area (Å²) in [5.74, 6) is 0.593. The number of nitrogens with one attached hydrogen (secondary N) is 2. The van der Waals surface area contributed by atoms with E-state index in [0.29, 0.717) is 18.0 Å². The van der Waals surface area contributed by atoms with E-state index in [1.165, 1.54) is 0 Å². The summed E-state index contributed by atoms with van der Waals surface area (Å²) in [6, 6.07) is 9.80. The molecule has 2 atom stereocenters. The fraction of sp³-hybridized carbons (Fsp3) is 0.533. The van der Waals surface area contributed by atoms with Gasteiger partial charge in [-0.15, -0.1) is 0 Å². The molecule has 0 aromatic heterocycles. The van der Waals surface area contributed by atoms with Crippen molar-refractivity contribution in [3.63, 3.8) is 0 Å². The minimum atomic E-state index is -0.953. The summed E-state index contributed by atoms with van der Waals surface area (Å²) < 4.78 is 11.4. The van der Waals surface area contributed by atoms with Crippen LogP contribution in [0.2, 0.25) is 0 Å². The predicted octanol–water partition coefficient (Wildman–Crippen LogP) is 5.64. The first kappa shape index (κ1) is 29.9. The average Bonchev–Trinajstić information content (AvgIpc) is 3.15. The summed E-state index contributed by atoms with van der Waals surface area (Å²) in [4.78, 5) is 11.7. The van der Waals surface area contributed by atoms with E-state index in [2.05, 4.69) is 45.3 Å². The Morgan fingerprint density at radius 2 is 1.84 bits per heavy atom. The molecular formula is C30H42N2O5S. The van der Waals surface area contributed by atoms with Crippen molar-refractivity contribution in [1.82, 2.24) is 0 Å². The zero-order chi connectivity index (χ0) is 28.0. The monoisotopic (exact) mass is 542 g/mol. The maximum absolute atomic E-state index is 11.7. The number of rotatable bonds is 11. The van der Waals surface area contributed by atoms with Crippen molar-refractivity contribution in [2.24, 2.45) is 0 Å². The van der Waals surface area contributed by atoms with E-state index in [1.807, 2.05) is 30.3 Å². The van der Waals surface area contributed by atoms with E-state index >= 15 is 0 Å². The van der Waals surface area contributed by atoms with Crippen LogP contribution >= 0.6 is 12.2 Å². The molecule has 0 bridgehead atoms. The first-order valence-electron chi connectivity index (χ1n) is 13.4. The third-order valence-electron chi connectivity index (χ3n) is 6.78. The molecule has 2 aromatic carbocycles. The van der Waals surface area contributed by atoms with Gasteiger partial charge in [0.2, 0.25) is 0 Å². The van der Waals surface area contributed by atoms with Gasteiger partial charge in [-0.2, -0.15) is 0 Å². The van der Waals surface area contributed by atoms with Crippen LogP contribution in [-0.2, 0) is 22.4 Å². The molecule has 4 N–H and O–H groups in total. The molecule has 1 aliphatic heterocycles. The summed E-state index contributed by atoms with van der Waals surface area (Å²) in [6.07, 6.45) is 0.00630. The third-order valence-corrected chi connectivity index (χ3v) is 6.98. The molecule has 0 aliphatic carbocycles. The van der Waals surface area contributed by atoms with E-state index in [9.17, 15) is 15.0 Å². The lowest BCUT2D eigenvalue weighted by Gasteiger charge is -2.26. The molecule has 208 valence electrons. The first-order valence-corrected chi connectivity index (χ1v) is 13.8. The number of aliphatic hydroxyl groups excluding tert-OH is 2. The Bertz CT molecular complexity index is 1130. The molecule has 38 heavy (non-hydrogen) atoms. The minimum absolute atomic E-state index is 0.104. The van der Waals surface area contributed by atoms with Crippen LogP contribution < -0.4 is 15.4 Å². The normalized spacial score (nSPS) is 15.4. The molecule has 0 saturated carbocycles. The lowest BCUT2D eigenvalue weighted by molar-refractivity contribution is -0.145. The number of aliphatic hydroxyl groups is 2. The zero-order valence-electron chi connectivity index (χ0n) is 23.4. The maximum Gasteiger partial charge on any atom is 0.308 e. The highest BCUT2D eigenvalue weighted by Crippen LogP contribution is 2.47. The van der Waals surface area contributed by atoms with Gasteiger partial charge in [0, 0.05) is 28.9 Å². The van der Waals surface area contributed by atoms with Gasteiger partial charge < -0.3 is 30.3 Å². The molecule has 1 aliphatic rings. The van der Waals surface area contributed by atoms with Crippen LogP contribution in [0, 0.1) is 6.92 Å². The second-order valence-electron chi connectivity index (χ2n) is 10.9. The second kappa shape index (κ2) is 12.9. The number of benzene rings is 2. The molecule has 1 heterocycles. The van der Waals surface area contributed by atoms with E-state index in [-0.39, 0.29) is 31.0 Å². The Balaban J connectivity index is 1.88. The molecule has 0 saturated heterocycles. The Morgan fingerprint density at radius 1 is 1.16 bits per heavy atom. The number of anilines is 2. The highest BCUT2D eigenvalue weighted by atomic mass is 32.1. The van der Waals surface area contributed by atoms with Crippen molar-refractivity contribution in [3.05, 3.63) is 52.6 Å². The predicted molar refractivity (Wildman–Crippen MR) is 156 cm³/mol. The first-order chi connectivity index (χ1) is 17.9. The number of esters is 1. The van der Waals surface area contributed by atoms with Crippen LogP contribution in [0.5, 0.6) is 5.75 Å². The molecule has 0 amide bonds. The molecule has 2 unspecified atom stereocenters. The molecule has 8 heteroatoms. The van der Waals surface area contributed by atoms with E-state index in [1.54, 1.807) is 6.92 Å². The Morgan fingerprint density at radius 3 is 2.47 bits per heavy atom. The second-order valence-corrected chi connectivity index (χ2v) is 11.3. The summed E-state index contributed by atoms with van der Waals surface area (Å²) in [7, 11) is 0. The number of ether oxygens (including phenoxy) is 2. The SMILES string of the molecule is CCOC(=O)CC(O)CC(O)CCc1c2c(c(C)c(NC(=S)Nc3ccccc3)c1C(C)C)CC(C)(C)O2. The van der Waals surface area contributed by atoms with Crippen molar-refractivity contribution in [3.8, 4) is 5.75 Å². The fourth-order valence-corrected chi connectivity index (χ4v) is 5.35. The van der Waals surface area contributed by atoms with Gasteiger partial charge in [0.25, 0.3) is 0 Å². The van der Waals surface area contributed by atoms with Gasteiger partial charge in [0.05, 0.1) is 25.2 Å². The quantitative estimate of drug-likeness (QED) is 0.214. The highest BCUT2D eigenvalue weighted by Gasteiger charge is 2.36. The number of carbonyl (C=O) groups excluding carboxylic acids is 1. The molecule has 0 spiro atoms. The van der Waals surface area contributed by atoms with Crippen LogP contribution in [0.15, 0.2) is 30.3 Å². The van der Waals surface area contributed by atoms with Gasteiger partial charge in [0.1, 0.15) is 11.4 Å².